The van der Waals surface area contributed by atoms with Crippen LogP contribution >= 0.6 is 15.9 Å². The molecule has 0 aliphatic carbocycles. The Hall–Kier alpha value is -1.12. The summed E-state index contributed by atoms with van der Waals surface area (Å²) in [5.41, 5.74) is 4.48. The van der Waals surface area contributed by atoms with E-state index in [-0.39, 0.29) is 11.5 Å². The lowest BCUT2D eigenvalue weighted by atomic mass is 9.88. The van der Waals surface area contributed by atoms with Crippen LogP contribution in [0.25, 0.3) is 0 Å². The first kappa shape index (κ1) is 17.9. The van der Waals surface area contributed by atoms with Crippen molar-refractivity contribution in [3.8, 4) is 0 Å². The van der Waals surface area contributed by atoms with E-state index in [0.717, 1.165) is 0 Å². The number of halogens is 1. The first-order chi connectivity index (χ1) is 9.54. The smallest absolute Gasteiger partial charge is 0.404 e. The molecule has 1 aromatic rings. The Morgan fingerprint density at radius 3 is 2.43 bits per heavy atom. The van der Waals surface area contributed by atoms with Crippen LogP contribution in [0.2, 0.25) is 0 Å². The van der Waals surface area contributed by atoms with E-state index < -0.39 is 27.6 Å². The Balaban J connectivity index is 3.02. The highest BCUT2D eigenvalue weighted by atomic mass is 79.9. The average molecular weight is 379 g/mol. The Labute approximate surface area is 133 Å². The molecule has 0 saturated heterocycles. The summed E-state index contributed by atoms with van der Waals surface area (Å²) in [7, 11) is -3.75. The normalized spacial score (nSPS) is 13.7. The van der Waals surface area contributed by atoms with Gasteiger partial charge in [0.05, 0.1) is 10.9 Å². The van der Waals surface area contributed by atoms with Gasteiger partial charge in [-0.3, -0.25) is 0 Å². The molecule has 8 heteroatoms. The average Bonchev–Trinajstić information content (AvgIpc) is 2.33. The summed E-state index contributed by atoms with van der Waals surface area (Å²) in [5, 5.41) is 0. The van der Waals surface area contributed by atoms with Crippen molar-refractivity contribution in [1.29, 1.82) is 0 Å². The van der Waals surface area contributed by atoms with E-state index >= 15 is 0 Å². The van der Waals surface area contributed by atoms with Crippen LogP contribution in [0.3, 0.4) is 0 Å². The molecule has 21 heavy (non-hydrogen) atoms. The molecule has 0 spiro atoms. The zero-order valence-corrected chi connectivity index (χ0v) is 14.5. The van der Waals surface area contributed by atoms with Gasteiger partial charge in [0.2, 0.25) is 10.0 Å². The maximum Gasteiger partial charge on any atom is 0.404 e. The van der Waals surface area contributed by atoms with E-state index in [2.05, 4.69) is 20.7 Å². The first-order valence-electron chi connectivity index (χ1n) is 6.23. The fourth-order valence-corrected chi connectivity index (χ4v) is 3.97. The van der Waals surface area contributed by atoms with Gasteiger partial charge < -0.3 is 10.5 Å². The number of nitrogens with two attached hydrogens (primary N) is 1. The summed E-state index contributed by atoms with van der Waals surface area (Å²) < 4.78 is 32.6. The quantitative estimate of drug-likeness (QED) is 0.820. The number of amides is 1. The minimum absolute atomic E-state index is 0.123. The molecular formula is C13H19BrN2O4S. The monoisotopic (exact) mass is 378 g/mol. The van der Waals surface area contributed by atoms with Gasteiger partial charge in [0.15, 0.2) is 0 Å². The summed E-state index contributed by atoms with van der Waals surface area (Å²) in [6, 6.07) is 5.87. The number of benzene rings is 1. The summed E-state index contributed by atoms with van der Waals surface area (Å²) >= 11 is 3.21. The van der Waals surface area contributed by atoms with E-state index in [4.69, 9.17) is 10.5 Å². The fraction of sp³-hybridized carbons (Fsp3) is 0.462. The van der Waals surface area contributed by atoms with Gasteiger partial charge in [-0.25, -0.2) is 17.9 Å². The fourth-order valence-electron chi connectivity index (χ4n) is 1.54. The topological polar surface area (TPSA) is 98.5 Å². The molecule has 1 rings (SSSR count). The minimum Gasteiger partial charge on any atom is -0.448 e. The van der Waals surface area contributed by atoms with E-state index in [9.17, 15) is 13.2 Å². The zero-order valence-electron chi connectivity index (χ0n) is 12.1. The minimum atomic E-state index is -3.75. The van der Waals surface area contributed by atoms with Crippen molar-refractivity contribution in [2.24, 2.45) is 11.1 Å². The molecule has 0 bridgehead atoms. The Morgan fingerprint density at radius 1 is 1.38 bits per heavy atom. The molecule has 0 fully saturated rings. The number of ether oxygens (including phenoxy) is 1. The number of hydrogen-bond acceptors (Lipinski definition) is 4. The zero-order chi connectivity index (χ0) is 16.3. The van der Waals surface area contributed by atoms with Crippen molar-refractivity contribution < 1.29 is 17.9 Å². The Kier molecular flexibility index (Phi) is 5.77. The van der Waals surface area contributed by atoms with Crippen LogP contribution in [0.1, 0.15) is 20.8 Å². The van der Waals surface area contributed by atoms with Crippen LogP contribution in [-0.4, -0.2) is 27.2 Å². The van der Waals surface area contributed by atoms with E-state index in [1.54, 1.807) is 18.2 Å². The van der Waals surface area contributed by atoms with Crippen molar-refractivity contribution in [2.45, 2.75) is 31.7 Å². The first-order valence-corrected chi connectivity index (χ1v) is 8.51. The molecule has 0 heterocycles. The van der Waals surface area contributed by atoms with Crippen molar-refractivity contribution in [2.75, 3.05) is 6.61 Å². The van der Waals surface area contributed by atoms with E-state index in [1.807, 2.05) is 20.8 Å². The third kappa shape index (κ3) is 5.29. The Bertz CT molecular complexity index is 611. The summed E-state index contributed by atoms with van der Waals surface area (Å²) in [6.07, 6.45) is -0.940. The van der Waals surface area contributed by atoms with Gasteiger partial charge in [-0.15, -0.1) is 0 Å². The van der Waals surface area contributed by atoms with Gasteiger partial charge >= 0.3 is 6.09 Å². The molecule has 1 amide bonds. The lowest BCUT2D eigenvalue weighted by Crippen LogP contribution is -2.47. The maximum absolute atomic E-state index is 12.4. The molecule has 0 radical (unpaired) electrons. The highest BCUT2D eigenvalue weighted by molar-refractivity contribution is 9.10. The molecule has 1 atom stereocenters. The van der Waals surface area contributed by atoms with Crippen molar-refractivity contribution >= 4 is 32.0 Å². The van der Waals surface area contributed by atoms with Gasteiger partial charge in [0.25, 0.3) is 0 Å². The predicted octanol–water partition coefficient (Wildman–Crippen LogP) is 2.24. The number of hydrogen-bond donors (Lipinski definition) is 2. The van der Waals surface area contributed by atoms with Gasteiger partial charge in [0, 0.05) is 4.47 Å². The predicted molar refractivity (Wildman–Crippen MR) is 83.2 cm³/mol. The molecule has 0 aliphatic heterocycles. The van der Waals surface area contributed by atoms with Crippen LogP contribution in [0, 0.1) is 5.41 Å². The number of carbonyl (C=O) groups excluding carboxylic acids is 1. The summed E-state index contributed by atoms with van der Waals surface area (Å²) in [4.78, 5) is 10.9. The maximum atomic E-state index is 12.4. The number of sulfonamides is 1. The third-order valence-electron chi connectivity index (χ3n) is 2.86. The second-order valence-corrected chi connectivity index (χ2v) is 8.14. The molecule has 1 unspecified atom stereocenters. The van der Waals surface area contributed by atoms with Gasteiger partial charge in [0.1, 0.15) is 6.61 Å². The third-order valence-corrected chi connectivity index (χ3v) is 5.35. The van der Waals surface area contributed by atoms with E-state index in [1.165, 1.54) is 6.07 Å². The van der Waals surface area contributed by atoms with Crippen LogP contribution in [0.15, 0.2) is 33.6 Å². The van der Waals surface area contributed by atoms with Crippen molar-refractivity contribution in [3.05, 3.63) is 28.7 Å². The second-order valence-electron chi connectivity index (χ2n) is 5.60. The second kappa shape index (κ2) is 6.76. The molecule has 0 saturated carbocycles. The molecular weight excluding hydrogens is 360 g/mol. The molecule has 0 aromatic heterocycles. The van der Waals surface area contributed by atoms with Crippen LogP contribution in [-0.2, 0) is 14.8 Å². The SMILES string of the molecule is CC(C)(C)C(COC(N)=O)NS(=O)(=O)c1ccccc1Br. The molecule has 118 valence electrons. The summed E-state index contributed by atoms with van der Waals surface area (Å²) in [6.45, 7) is 5.38. The number of nitrogens with one attached hydrogen (secondary N) is 1. The number of rotatable bonds is 5. The highest BCUT2D eigenvalue weighted by Crippen LogP contribution is 2.25. The lowest BCUT2D eigenvalue weighted by Gasteiger charge is -2.30. The standard InChI is InChI=1S/C13H19BrN2O4S/c1-13(2,3)11(8-20-12(15)17)16-21(18,19)10-7-5-4-6-9(10)14/h4-7,11,16H,8H2,1-3H3,(H2,15,17). The van der Waals surface area contributed by atoms with Gasteiger partial charge in [-0.1, -0.05) is 32.9 Å². The van der Waals surface area contributed by atoms with Crippen LogP contribution < -0.4 is 10.5 Å². The largest absolute Gasteiger partial charge is 0.448 e. The molecule has 6 nitrogen and oxygen atoms in total. The molecule has 0 aliphatic rings. The van der Waals surface area contributed by atoms with Crippen molar-refractivity contribution in [3.63, 3.8) is 0 Å². The lowest BCUT2D eigenvalue weighted by molar-refractivity contribution is 0.122. The molecule has 1 aromatic carbocycles. The van der Waals surface area contributed by atoms with Crippen LogP contribution in [0.5, 0.6) is 0 Å². The number of carbonyl (C=O) groups is 1. The highest BCUT2D eigenvalue weighted by Gasteiger charge is 2.31. The number of primary amides is 1. The van der Waals surface area contributed by atoms with Gasteiger partial charge in [-0.2, -0.15) is 0 Å². The van der Waals surface area contributed by atoms with Crippen LogP contribution in [0.4, 0.5) is 4.79 Å². The van der Waals surface area contributed by atoms with Crippen molar-refractivity contribution in [1.82, 2.24) is 4.72 Å². The molecule has 3 N–H and O–H groups in total. The van der Waals surface area contributed by atoms with Gasteiger partial charge in [-0.05, 0) is 33.5 Å². The van der Waals surface area contributed by atoms with E-state index in [0.29, 0.717) is 4.47 Å². The Morgan fingerprint density at radius 2 is 1.95 bits per heavy atom. The summed E-state index contributed by atoms with van der Waals surface area (Å²) in [5.74, 6) is 0.